The zero-order chi connectivity index (χ0) is 14.4. The van der Waals surface area contributed by atoms with E-state index in [0.29, 0.717) is 0 Å². The first-order valence-electron chi connectivity index (χ1n) is 4.92. The summed E-state index contributed by atoms with van der Waals surface area (Å²) >= 11 is 0. The molecule has 0 saturated heterocycles. The highest BCUT2D eigenvalue weighted by molar-refractivity contribution is 5.88. The van der Waals surface area contributed by atoms with Crippen LogP contribution in [0, 0.1) is 10.1 Å². The first-order valence-corrected chi connectivity index (χ1v) is 4.92. The number of phenols is 1. The van der Waals surface area contributed by atoms with Gasteiger partial charge in [-0.1, -0.05) is 0 Å². The van der Waals surface area contributed by atoms with Gasteiger partial charge in [0.2, 0.25) is 5.75 Å². The molecule has 0 aliphatic carbocycles. The minimum absolute atomic E-state index is 0.0519. The largest absolute Gasteiger partial charge is 0.504 e. The Morgan fingerprint density at radius 1 is 1.53 bits per heavy atom. The van der Waals surface area contributed by atoms with Crippen LogP contribution in [0.15, 0.2) is 17.2 Å². The van der Waals surface area contributed by atoms with Crippen molar-refractivity contribution in [2.24, 2.45) is 5.10 Å². The molecule has 0 radical (unpaired) electrons. The van der Waals surface area contributed by atoms with E-state index < -0.39 is 16.7 Å². The fourth-order valence-electron chi connectivity index (χ4n) is 1.27. The Hall–Kier alpha value is -2.84. The number of carbonyl (C=O) groups excluding carboxylic acids is 1. The van der Waals surface area contributed by atoms with E-state index in [9.17, 15) is 20.0 Å². The number of benzene rings is 1. The molecule has 0 bridgehead atoms. The quantitative estimate of drug-likeness (QED) is 0.477. The lowest BCUT2D eigenvalue weighted by molar-refractivity contribution is -0.386. The number of phenolic OH excluding ortho intramolecular Hbond substituents is 1. The number of aromatic hydroxyl groups is 1. The van der Waals surface area contributed by atoms with Crippen LogP contribution in [0.2, 0.25) is 0 Å². The van der Waals surface area contributed by atoms with Gasteiger partial charge in [0, 0.05) is 0 Å². The molecule has 0 aliphatic rings. The number of rotatable bonds is 4. The molecule has 0 fully saturated rings. The molecule has 0 heterocycles. The third-order valence-electron chi connectivity index (χ3n) is 2.07. The third kappa shape index (κ3) is 3.31. The van der Waals surface area contributed by atoms with Crippen LogP contribution in [-0.2, 0) is 4.74 Å². The van der Waals surface area contributed by atoms with Gasteiger partial charge in [0.1, 0.15) is 0 Å². The second-order valence-corrected chi connectivity index (χ2v) is 3.17. The number of amides is 1. The van der Waals surface area contributed by atoms with Gasteiger partial charge in [-0.25, -0.2) is 10.2 Å². The lowest BCUT2D eigenvalue weighted by Gasteiger charge is -2.05. The van der Waals surface area contributed by atoms with Crippen LogP contribution in [0.25, 0.3) is 0 Å². The average molecular weight is 269 g/mol. The average Bonchev–Trinajstić information content (AvgIpc) is 2.39. The van der Waals surface area contributed by atoms with E-state index in [1.807, 2.05) is 5.43 Å². The molecule has 9 heteroatoms. The van der Waals surface area contributed by atoms with Gasteiger partial charge in [-0.2, -0.15) is 5.10 Å². The van der Waals surface area contributed by atoms with E-state index in [-0.39, 0.29) is 17.1 Å². The summed E-state index contributed by atoms with van der Waals surface area (Å²) in [7, 11) is 2.34. The Kier molecular flexibility index (Phi) is 4.63. The number of carbonyl (C=O) groups is 1. The molecule has 1 amide bonds. The van der Waals surface area contributed by atoms with Gasteiger partial charge < -0.3 is 14.6 Å². The number of hydrogen-bond acceptors (Lipinski definition) is 7. The monoisotopic (exact) mass is 269 g/mol. The minimum atomic E-state index is -0.815. The normalized spacial score (nSPS) is 10.2. The highest BCUT2D eigenvalue weighted by Gasteiger charge is 2.23. The van der Waals surface area contributed by atoms with Crippen molar-refractivity contribution in [2.45, 2.75) is 0 Å². The Balaban J connectivity index is 3.14. The summed E-state index contributed by atoms with van der Waals surface area (Å²) in [4.78, 5) is 21.0. The molecule has 1 aromatic carbocycles. The molecule has 0 saturated carbocycles. The maximum absolute atomic E-state index is 10.9. The number of nitrogens with zero attached hydrogens (tertiary/aromatic N) is 2. The highest BCUT2D eigenvalue weighted by atomic mass is 16.6. The van der Waals surface area contributed by atoms with Gasteiger partial charge >= 0.3 is 11.8 Å². The van der Waals surface area contributed by atoms with Crippen molar-refractivity contribution in [2.75, 3.05) is 14.2 Å². The van der Waals surface area contributed by atoms with Gasteiger partial charge in [0.25, 0.3) is 0 Å². The number of nitro benzene ring substituents is 1. The number of nitrogens with one attached hydrogen (secondary N) is 1. The maximum Gasteiger partial charge on any atom is 0.427 e. The van der Waals surface area contributed by atoms with Gasteiger partial charge in [0.05, 0.1) is 30.9 Å². The first-order chi connectivity index (χ1) is 9.01. The Morgan fingerprint density at radius 3 is 2.74 bits per heavy atom. The van der Waals surface area contributed by atoms with Crippen molar-refractivity contribution < 1.29 is 24.3 Å². The van der Waals surface area contributed by atoms with Crippen LogP contribution in [0.3, 0.4) is 0 Å². The predicted octanol–water partition coefficient (Wildman–Crippen LogP) is 0.999. The van der Waals surface area contributed by atoms with Crippen LogP contribution in [0.4, 0.5) is 10.5 Å². The molecule has 1 aromatic rings. The number of hydrogen-bond donors (Lipinski definition) is 2. The SMILES string of the molecule is COC(=O)NN=Cc1ccc(O)c(OC)c1[N+](=O)[O-]. The Bertz CT molecular complexity index is 528. The zero-order valence-corrected chi connectivity index (χ0v) is 10.1. The van der Waals surface area contributed by atoms with Gasteiger partial charge in [0.15, 0.2) is 5.75 Å². The van der Waals surface area contributed by atoms with Crippen molar-refractivity contribution in [1.82, 2.24) is 5.43 Å². The van der Waals surface area contributed by atoms with Gasteiger partial charge in [-0.15, -0.1) is 0 Å². The second kappa shape index (κ2) is 6.19. The first kappa shape index (κ1) is 14.2. The smallest absolute Gasteiger partial charge is 0.427 e. The van der Waals surface area contributed by atoms with E-state index in [4.69, 9.17) is 4.74 Å². The van der Waals surface area contributed by atoms with Crippen molar-refractivity contribution >= 4 is 18.0 Å². The Morgan fingerprint density at radius 2 is 2.21 bits per heavy atom. The fourth-order valence-corrected chi connectivity index (χ4v) is 1.27. The lowest BCUT2D eigenvalue weighted by atomic mass is 10.1. The van der Waals surface area contributed by atoms with Crippen molar-refractivity contribution in [3.63, 3.8) is 0 Å². The Labute approximate surface area is 107 Å². The summed E-state index contributed by atoms with van der Waals surface area (Å²) in [6, 6.07) is 2.48. The summed E-state index contributed by atoms with van der Waals surface area (Å²) in [5.74, 6) is -0.653. The van der Waals surface area contributed by atoms with Crippen LogP contribution < -0.4 is 10.2 Å². The summed E-state index contributed by atoms with van der Waals surface area (Å²) in [6.45, 7) is 0. The molecular weight excluding hydrogens is 258 g/mol. The van der Waals surface area contributed by atoms with E-state index in [1.165, 1.54) is 19.2 Å². The third-order valence-corrected chi connectivity index (χ3v) is 2.07. The van der Waals surface area contributed by atoms with Crippen molar-refractivity contribution in [1.29, 1.82) is 0 Å². The van der Waals surface area contributed by atoms with Crippen molar-refractivity contribution in [3.8, 4) is 11.5 Å². The highest BCUT2D eigenvalue weighted by Crippen LogP contribution is 2.37. The molecule has 102 valence electrons. The summed E-state index contributed by atoms with van der Waals surface area (Å²) in [5, 5.41) is 23.9. The number of methoxy groups -OCH3 is 2. The standard InChI is InChI=1S/C10H11N3O6/c1-18-9-7(14)4-3-6(8(9)13(16)17)5-11-12-10(15)19-2/h3-5,14H,1-2H3,(H,12,15). The lowest BCUT2D eigenvalue weighted by Crippen LogP contribution is -2.16. The topological polar surface area (TPSA) is 123 Å². The van der Waals surface area contributed by atoms with Gasteiger partial charge in [-0.05, 0) is 12.1 Å². The molecule has 2 N–H and O–H groups in total. The van der Waals surface area contributed by atoms with E-state index >= 15 is 0 Å². The molecule has 1 rings (SSSR count). The van der Waals surface area contributed by atoms with E-state index in [0.717, 1.165) is 13.3 Å². The molecule has 19 heavy (non-hydrogen) atoms. The molecule has 9 nitrogen and oxygen atoms in total. The number of nitro groups is 1. The summed E-state index contributed by atoms with van der Waals surface area (Å²) in [6.07, 6.45) is 0.224. The minimum Gasteiger partial charge on any atom is -0.504 e. The molecule has 0 aliphatic heterocycles. The number of ether oxygens (including phenoxy) is 2. The van der Waals surface area contributed by atoms with Crippen LogP contribution in [0.5, 0.6) is 11.5 Å². The summed E-state index contributed by atoms with van der Waals surface area (Å²) < 4.78 is 9.03. The molecule has 0 atom stereocenters. The van der Waals surface area contributed by atoms with E-state index in [1.54, 1.807) is 0 Å². The fraction of sp³-hybridized carbons (Fsp3) is 0.200. The van der Waals surface area contributed by atoms with E-state index in [2.05, 4.69) is 9.84 Å². The second-order valence-electron chi connectivity index (χ2n) is 3.17. The molecular formula is C10H11N3O6. The molecule has 0 aromatic heterocycles. The summed E-state index contributed by atoms with van der Waals surface area (Å²) in [5.41, 5.74) is 1.57. The maximum atomic E-state index is 10.9. The molecule has 0 unspecified atom stereocenters. The van der Waals surface area contributed by atoms with Gasteiger partial charge in [-0.3, -0.25) is 10.1 Å². The van der Waals surface area contributed by atoms with Crippen LogP contribution >= 0.6 is 0 Å². The van der Waals surface area contributed by atoms with Crippen LogP contribution in [-0.4, -0.2) is 36.6 Å². The van der Waals surface area contributed by atoms with Crippen LogP contribution in [0.1, 0.15) is 5.56 Å². The predicted molar refractivity (Wildman–Crippen MR) is 64.4 cm³/mol. The zero-order valence-electron chi connectivity index (χ0n) is 10.1. The molecule has 0 spiro atoms. The number of hydrazone groups is 1. The van der Waals surface area contributed by atoms with Crippen molar-refractivity contribution in [3.05, 3.63) is 27.8 Å².